The second-order valence-electron chi connectivity index (χ2n) is 16.7. The fourth-order valence-electron chi connectivity index (χ4n) is 9.37. The Balaban J connectivity index is 3.34. The Bertz CT molecular complexity index is 852. The summed E-state index contributed by atoms with van der Waals surface area (Å²) in [5.74, 6) is 0. The van der Waals surface area contributed by atoms with Gasteiger partial charge in [-0.1, -0.05) is 137 Å². The van der Waals surface area contributed by atoms with Crippen LogP contribution in [0.5, 0.6) is 0 Å². The minimum absolute atomic E-state index is 0.292. The first-order valence-electron chi connectivity index (χ1n) is 14.6. The van der Waals surface area contributed by atoms with E-state index in [9.17, 15) is 0 Å². The van der Waals surface area contributed by atoms with Crippen molar-refractivity contribution in [3.8, 4) is 0 Å². The van der Waals surface area contributed by atoms with Crippen LogP contribution in [0, 0.1) is 20.8 Å². The Morgan fingerprint density at radius 2 is 1.03 bits per heavy atom. The molecular weight excluding hydrogens is 483 g/mol. The number of rotatable bonds is 3. The van der Waals surface area contributed by atoms with E-state index in [0.717, 1.165) is 6.61 Å². The first-order chi connectivity index (χ1) is 15.9. The molecule has 206 valence electrons. The van der Waals surface area contributed by atoms with Crippen LogP contribution in [0.15, 0.2) is 12.1 Å². The Morgan fingerprint density at radius 3 is 1.36 bits per heavy atom. The van der Waals surface area contributed by atoms with Crippen LogP contribution >= 0.6 is 0 Å². The van der Waals surface area contributed by atoms with Crippen LogP contribution in [0.4, 0.5) is 0 Å². The zero-order valence-corrected chi connectivity index (χ0v) is 30.5. The quantitative estimate of drug-likeness (QED) is 0.344. The number of aryl methyl sites for hydroxylation is 3. The second kappa shape index (κ2) is 9.82. The second-order valence-corrected chi connectivity index (χ2v) is 43.1. The minimum Gasteiger partial charge on any atom is -0.434 e. The first-order valence-corrected chi connectivity index (χ1v) is 23.9. The van der Waals surface area contributed by atoms with Crippen molar-refractivity contribution >= 4 is 34.1 Å². The zero-order valence-electron chi connectivity index (χ0n) is 27.5. The fraction of sp³-hybridized carbons (Fsp3) is 0.806. The number of hydrogen-bond donors (Lipinski definition) is 0. The molecule has 1 heterocycles. The minimum atomic E-state index is -2.18. The molecule has 5 heteroatoms. The molecule has 36 heavy (non-hydrogen) atoms. The third-order valence-corrected chi connectivity index (χ3v) is 61.3. The van der Waals surface area contributed by atoms with E-state index in [0.29, 0.717) is 26.7 Å². The monoisotopic (exact) mass is 544 g/mol. The number of benzene rings is 1. The molecule has 2 rings (SSSR count). The molecular formula is C31H61BOSi3. The lowest BCUT2D eigenvalue weighted by atomic mass is 9.78. The van der Waals surface area contributed by atoms with Gasteiger partial charge in [-0.2, -0.15) is 0 Å². The standard InChI is InChI=1S/C31H61BOSi3/c1-24-22-25(2)27(26(3)23-24)32-33-20-18-19-21-36(32,34(16,28(4,5)6)29(7,8)9)35(17,30(10,11)12)31(13,14)15/h22-23H,18-21H2,1-17H3. The highest BCUT2D eigenvalue weighted by Crippen LogP contribution is 2.66. The van der Waals surface area contributed by atoms with E-state index < -0.39 is 22.2 Å². The molecule has 1 aliphatic rings. The van der Waals surface area contributed by atoms with Gasteiger partial charge < -0.3 is 4.65 Å². The summed E-state index contributed by atoms with van der Waals surface area (Å²) < 4.78 is 7.41. The maximum Gasteiger partial charge on any atom is 0.307 e. The van der Waals surface area contributed by atoms with Crippen LogP contribution in [0.25, 0.3) is 0 Å². The average molecular weight is 545 g/mol. The Morgan fingerprint density at radius 1 is 0.667 bits per heavy atom. The summed E-state index contributed by atoms with van der Waals surface area (Å²) in [5.41, 5.74) is 5.89. The molecule has 1 saturated heterocycles. The number of hydrogen-bond acceptors (Lipinski definition) is 1. The van der Waals surface area contributed by atoms with Gasteiger partial charge in [0.1, 0.15) is 0 Å². The van der Waals surface area contributed by atoms with Crippen molar-refractivity contribution in [1.82, 2.24) is 0 Å². The summed E-state index contributed by atoms with van der Waals surface area (Å²) in [4.78, 5) is 0. The molecule has 1 nitrogen and oxygen atoms in total. The molecule has 0 N–H and O–H groups in total. The topological polar surface area (TPSA) is 9.23 Å². The van der Waals surface area contributed by atoms with Crippen LogP contribution in [0.1, 0.15) is 113 Å². The smallest absolute Gasteiger partial charge is 0.307 e. The average Bonchev–Trinajstić information content (AvgIpc) is 2.86. The van der Waals surface area contributed by atoms with Gasteiger partial charge in [0, 0.05) is 21.8 Å². The lowest BCUT2D eigenvalue weighted by Crippen LogP contribution is -2.92. The highest BCUT2D eigenvalue weighted by Gasteiger charge is 2.78. The molecule has 0 amide bonds. The van der Waals surface area contributed by atoms with Crippen LogP contribution in [-0.2, 0) is 4.65 Å². The molecule has 1 aromatic carbocycles. The normalized spacial score (nSPS) is 18.9. The maximum atomic E-state index is 7.41. The molecule has 0 spiro atoms. The lowest BCUT2D eigenvalue weighted by Gasteiger charge is -2.71. The van der Waals surface area contributed by atoms with Crippen molar-refractivity contribution in [3.05, 3.63) is 28.8 Å². The van der Waals surface area contributed by atoms with Gasteiger partial charge in [0.15, 0.2) is 0 Å². The van der Waals surface area contributed by atoms with Crippen LogP contribution in [-0.4, -0.2) is 35.3 Å². The van der Waals surface area contributed by atoms with Crippen molar-refractivity contribution in [2.45, 2.75) is 156 Å². The molecule has 0 atom stereocenters. The third kappa shape index (κ3) is 4.64. The zero-order chi connectivity index (χ0) is 28.3. The summed E-state index contributed by atoms with van der Waals surface area (Å²) in [7, 11) is -4.04. The Kier molecular flexibility index (Phi) is 8.76. The molecule has 0 aliphatic carbocycles. The molecule has 1 aromatic rings. The van der Waals surface area contributed by atoms with E-state index in [-0.39, 0.29) is 0 Å². The molecule has 0 saturated carbocycles. The van der Waals surface area contributed by atoms with Crippen molar-refractivity contribution in [1.29, 1.82) is 0 Å². The lowest BCUT2D eigenvalue weighted by molar-refractivity contribution is 0.331. The highest BCUT2D eigenvalue weighted by atomic mass is 29.6. The van der Waals surface area contributed by atoms with E-state index >= 15 is 0 Å². The Hall–Kier alpha value is -0.104. The summed E-state index contributed by atoms with van der Waals surface area (Å²) in [6, 6.07) is 6.32. The van der Waals surface area contributed by atoms with Gasteiger partial charge in [0.25, 0.3) is 0 Å². The maximum absolute atomic E-state index is 7.41. The first kappa shape index (κ1) is 32.1. The van der Waals surface area contributed by atoms with E-state index in [4.69, 9.17) is 4.65 Å². The van der Waals surface area contributed by atoms with Gasteiger partial charge in [-0.25, -0.2) is 0 Å². The summed E-state index contributed by atoms with van der Waals surface area (Å²) in [6.07, 6.45) is 2.56. The van der Waals surface area contributed by atoms with Gasteiger partial charge >= 0.3 is 6.51 Å². The van der Waals surface area contributed by atoms with E-state index in [2.05, 4.69) is 129 Å². The molecule has 0 aromatic heterocycles. The predicted molar refractivity (Wildman–Crippen MR) is 174 cm³/mol. The highest BCUT2D eigenvalue weighted by molar-refractivity contribution is 7.89. The molecule has 0 bridgehead atoms. The van der Waals surface area contributed by atoms with Crippen LogP contribution < -0.4 is 5.46 Å². The van der Waals surface area contributed by atoms with Crippen molar-refractivity contribution in [3.63, 3.8) is 0 Å². The summed E-state index contributed by atoms with van der Waals surface area (Å²) in [6.45, 7) is 43.3. The van der Waals surface area contributed by atoms with E-state index in [1.807, 2.05) is 0 Å². The Labute approximate surface area is 229 Å². The SMILES string of the molecule is Cc1cc(C)c(B2OCCCC[Si]2([Si](C)(C(C)(C)C)C(C)(C)C)[Si](C)(C(C)(C)C)C(C)(C)C)c(C)c1. The van der Waals surface area contributed by atoms with Gasteiger partial charge in [0.05, 0.1) is 6.98 Å². The predicted octanol–water partition coefficient (Wildman–Crippen LogP) is 9.66. The summed E-state index contributed by atoms with van der Waals surface area (Å²) >= 11 is 0. The van der Waals surface area contributed by atoms with Crippen molar-refractivity contribution in [2.75, 3.05) is 6.61 Å². The molecule has 1 fully saturated rings. The summed E-state index contributed by atoms with van der Waals surface area (Å²) in [5, 5.41) is 1.17. The van der Waals surface area contributed by atoms with E-state index in [1.165, 1.54) is 35.6 Å². The largest absolute Gasteiger partial charge is 0.434 e. The fourth-order valence-corrected chi connectivity index (χ4v) is 74.8. The van der Waals surface area contributed by atoms with Crippen molar-refractivity contribution in [2.24, 2.45) is 0 Å². The van der Waals surface area contributed by atoms with Gasteiger partial charge in [0.2, 0.25) is 0 Å². The molecule has 0 radical (unpaired) electrons. The molecule has 0 unspecified atom stereocenters. The van der Waals surface area contributed by atoms with Crippen molar-refractivity contribution < 1.29 is 4.65 Å². The van der Waals surface area contributed by atoms with E-state index in [1.54, 1.807) is 5.46 Å². The van der Waals surface area contributed by atoms with Gasteiger partial charge in [-0.05, 0) is 52.8 Å². The van der Waals surface area contributed by atoms with Crippen LogP contribution in [0.3, 0.4) is 0 Å². The molecule has 1 aliphatic heterocycles. The third-order valence-electron chi connectivity index (χ3n) is 11.5. The van der Waals surface area contributed by atoms with Gasteiger partial charge in [-0.15, -0.1) is 0 Å². The van der Waals surface area contributed by atoms with Gasteiger partial charge in [-0.3, -0.25) is 0 Å². The van der Waals surface area contributed by atoms with Crippen LogP contribution in [0.2, 0.25) is 39.3 Å².